The molecule has 0 saturated carbocycles. The maximum atomic E-state index is 5.35. The molecule has 1 N–H and O–H groups in total. The minimum atomic E-state index is 0.630. The summed E-state index contributed by atoms with van der Waals surface area (Å²) >= 11 is 0. The predicted octanol–water partition coefficient (Wildman–Crippen LogP) is 1.63. The molecule has 1 saturated heterocycles. The summed E-state index contributed by atoms with van der Waals surface area (Å²) in [5.41, 5.74) is 0. The van der Waals surface area contributed by atoms with Gasteiger partial charge in [-0.2, -0.15) is 0 Å². The summed E-state index contributed by atoms with van der Waals surface area (Å²) in [5.74, 6) is 2.20. The molecule has 1 aliphatic rings. The largest absolute Gasteiger partial charge is 0.478 e. The van der Waals surface area contributed by atoms with Crippen LogP contribution in [0.25, 0.3) is 0 Å². The summed E-state index contributed by atoms with van der Waals surface area (Å²) in [6, 6.07) is 1.86. The van der Waals surface area contributed by atoms with Gasteiger partial charge in [-0.05, 0) is 32.4 Å². The van der Waals surface area contributed by atoms with Crippen LogP contribution in [0.15, 0.2) is 12.4 Å². The third kappa shape index (κ3) is 3.57. The van der Waals surface area contributed by atoms with E-state index >= 15 is 0 Å². The number of rotatable bonds is 6. The first-order chi connectivity index (χ1) is 8.81. The third-order valence-corrected chi connectivity index (χ3v) is 3.32. The normalized spacial score (nSPS) is 20.0. The van der Waals surface area contributed by atoms with Crippen LogP contribution < -0.4 is 10.1 Å². The number of nitrogens with one attached hydrogen (secondary N) is 1. The molecule has 1 fully saturated rings. The molecule has 1 atom stereocenters. The van der Waals surface area contributed by atoms with Gasteiger partial charge in [0.15, 0.2) is 0 Å². The van der Waals surface area contributed by atoms with Gasteiger partial charge in [0.1, 0.15) is 12.1 Å². The molecule has 0 bridgehead atoms. The highest BCUT2D eigenvalue weighted by molar-refractivity contribution is 5.37. The Morgan fingerprint density at radius 1 is 1.44 bits per heavy atom. The number of likely N-dealkylation sites (tertiary alicyclic amines) is 1. The van der Waals surface area contributed by atoms with Crippen molar-refractivity contribution in [2.75, 3.05) is 38.1 Å². The summed E-state index contributed by atoms with van der Waals surface area (Å²) in [6.45, 7) is 9.33. The van der Waals surface area contributed by atoms with Crippen LogP contribution in [-0.4, -0.2) is 47.7 Å². The van der Waals surface area contributed by atoms with Gasteiger partial charge in [0.05, 0.1) is 6.61 Å². The Bertz CT molecular complexity index is 372. The standard InChI is InChI=1S/C13H22N4O/c1-3-17-6-5-11(9-17)8-14-12-7-13(18-4-2)16-10-15-12/h7,10-11H,3-6,8-9H2,1-2H3,(H,14,15,16). The fraction of sp³-hybridized carbons (Fsp3) is 0.692. The fourth-order valence-electron chi connectivity index (χ4n) is 2.28. The van der Waals surface area contributed by atoms with Crippen molar-refractivity contribution in [3.05, 3.63) is 12.4 Å². The predicted molar refractivity (Wildman–Crippen MR) is 71.9 cm³/mol. The second-order valence-electron chi connectivity index (χ2n) is 4.60. The number of anilines is 1. The molecule has 2 heterocycles. The minimum absolute atomic E-state index is 0.630. The molecule has 0 aliphatic carbocycles. The van der Waals surface area contributed by atoms with E-state index in [0.717, 1.165) is 24.8 Å². The number of aromatic nitrogens is 2. The first-order valence-electron chi connectivity index (χ1n) is 6.72. The average molecular weight is 250 g/mol. The van der Waals surface area contributed by atoms with E-state index in [1.807, 2.05) is 13.0 Å². The van der Waals surface area contributed by atoms with Gasteiger partial charge in [-0.25, -0.2) is 9.97 Å². The topological polar surface area (TPSA) is 50.3 Å². The Labute approximate surface area is 109 Å². The highest BCUT2D eigenvalue weighted by atomic mass is 16.5. The molecule has 5 nitrogen and oxygen atoms in total. The van der Waals surface area contributed by atoms with Crippen molar-refractivity contribution in [2.24, 2.45) is 5.92 Å². The molecule has 1 aliphatic heterocycles. The summed E-state index contributed by atoms with van der Waals surface area (Å²) < 4.78 is 5.35. The van der Waals surface area contributed by atoms with Crippen LogP contribution in [0.4, 0.5) is 5.82 Å². The zero-order valence-corrected chi connectivity index (χ0v) is 11.2. The molecule has 0 radical (unpaired) electrons. The molecule has 0 spiro atoms. The second kappa shape index (κ2) is 6.54. The lowest BCUT2D eigenvalue weighted by molar-refractivity contribution is 0.326. The van der Waals surface area contributed by atoms with Crippen molar-refractivity contribution in [3.63, 3.8) is 0 Å². The lowest BCUT2D eigenvalue weighted by Gasteiger charge is -2.14. The van der Waals surface area contributed by atoms with Crippen molar-refractivity contribution in [2.45, 2.75) is 20.3 Å². The SMILES string of the molecule is CCOc1cc(NCC2CCN(CC)C2)ncn1. The molecular formula is C13H22N4O. The molecule has 1 unspecified atom stereocenters. The minimum Gasteiger partial charge on any atom is -0.478 e. The van der Waals surface area contributed by atoms with Crippen LogP contribution in [0.2, 0.25) is 0 Å². The smallest absolute Gasteiger partial charge is 0.218 e. The lowest BCUT2D eigenvalue weighted by atomic mass is 10.1. The second-order valence-corrected chi connectivity index (χ2v) is 4.60. The van der Waals surface area contributed by atoms with E-state index in [0.29, 0.717) is 12.5 Å². The van der Waals surface area contributed by atoms with Gasteiger partial charge in [-0.3, -0.25) is 0 Å². The average Bonchev–Trinajstić information content (AvgIpc) is 2.85. The van der Waals surface area contributed by atoms with Gasteiger partial charge in [0.2, 0.25) is 5.88 Å². The van der Waals surface area contributed by atoms with Crippen molar-refractivity contribution in [1.82, 2.24) is 14.9 Å². The van der Waals surface area contributed by atoms with Crippen LogP contribution in [0.1, 0.15) is 20.3 Å². The number of hydrogen-bond donors (Lipinski definition) is 1. The van der Waals surface area contributed by atoms with Crippen molar-refractivity contribution in [3.8, 4) is 5.88 Å². The first-order valence-corrected chi connectivity index (χ1v) is 6.72. The van der Waals surface area contributed by atoms with Gasteiger partial charge in [-0.15, -0.1) is 0 Å². The summed E-state index contributed by atoms with van der Waals surface area (Å²) in [4.78, 5) is 10.7. The van der Waals surface area contributed by atoms with Crippen LogP contribution in [0, 0.1) is 5.92 Å². The van der Waals surface area contributed by atoms with Crippen LogP contribution in [0.3, 0.4) is 0 Å². The van der Waals surface area contributed by atoms with Gasteiger partial charge in [0, 0.05) is 19.2 Å². The molecule has 100 valence electrons. The molecule has 5 heteroatoms. The third-order valence-electron chi connectivity index (χ3n) is 3.32. The van der Waals surface area contributed by atoms with Crippen LogP contribution in [-0.2, 0) is 0 Å². The maximum absolute atomic E-state index is 5.35. The fourth-order valence-corrected chi connectivity index (χ4v) is 2.28. The molecular weight excluding hydrogens is 228 g/mol. The van der Waals surface area contributed by atoms with E-state index < -0.39 is 0 Å². The molecule has 18 heavy (non-hydrogen) atoms. The highest BCUT2D eigenvalue weighted by Gasteiger charge is 2.20. The Hall–Kier alpha value is -1.36. The zero-order valence-electron chi connectivity index (χ0n) is 11.2. The highest BCUT2D eigenvalue weighted by Crippen LogP contribution is 2.17. The molecule has 0 amide bonds. The zero-order chi connectivity index (χ0) is 12.8. The van der Waals surface area contributed by atoms with Crippen LogP contribution >= 0.6 is 0 Å². The van der Waals surface area contributed by atoms with E-state index in [9.17, 15) is 0 Å². The van der Waals surface area contributed by atoms with E-state index in [2.05, 4.69) is 27.1 Å². The van der Waals surface area contributed by atoms with Crippen molar-refractivity contribution in [1.29, 1.82) is 0 Å². The van der Waals surface area contributed by atoms with E-state index in [1.54, 1.807) is 6.33 Å². The quantitative estimate of drug-likeness (QED) is 0.831. The number of ether oxygens (including phenoxy) is 1. The van der Waals surface area contributed by atoms with Crippen molar-refractivity contribution < 1.29 is 4.74 Å². The van der Waals surface area contributed by atoms with E-state index in [-0.39, 0.29) is 0 Å². The Kier molecular flexibility index (Phi) is 4.75. The summed E-state index contributed by atoms with van der Waals surface area (Å²) in [5, 5.41) is 3.37. The maximum Gasteiger partial charge on any atom is 0.218 e. The molecule has 1 aromatic rings. The Morgan fingerprint density at radius 2 is 2.33 bits per heavy atom. The summed E-state index contributed by atoms with van der Waals surface area (Å²) in [7, 11) is 0. The first kappa shape index (κ1) is 13.1. The van der Waals surface area contributed by atoms with Gasteiger partial charge in [0.25, 0.3) is 0 Å². The lowest BCUT2D eigenvalue weighted by Crippen LogP contribution is -2.22. The molecule has 0 aromatic carbocycles. The Balaban J connectivity index is 1.81. The van der Waals surface area contributed by atoms with Gasteiger partial charge in [-0.1, -0.05) is 6.92 Å². The number of nitrogens with zero attached hydrogens (tertiary/aromatic N) is 3. The number of hydrogen-bond acceptors (Lipinski definition) is 5. The summed E-state index contributed by atoms with van der Waals surface area (Å²) in [6.07, 6.45) is 2.81. The molecule has 2 rings (SSSR count). The van der Waals surface area contributed by atoms with Gasteiger partial charge >= 0.3 is 0 Å². The van der Waals surface area contributed by atoms with Crippen molar-refractivity contribution >= 4 is 5.82 Å². The monoisotopic (exact) mass is 250 g/mol. The van der Waals surface area contributed by atoms with Crippen LogP contribution in [0.5, 0.6) is 5.88 Å². The van der Waals surface area contributed by atoms with E-state index in [4.69, 9.17) is 4.74 Å². The van der Waals surface area contributed by atoms with E-state index in [1.165, 1.54) is 19.5 Å². The Morgan fingerprint density at radius 3 is 3.06 bits per heavy atom. The molecule has 1 aromatic heterocycles. The van der Waals surface area contributed by atoms with Gasteiger partial charge < -0.3 is 15.0 Å².